The molecule has 1 aromatic rings. The summed E-state index contributed by atoms with van der Waals surface area (Å²) in [5.74, 6) is 0.00189. The molecule has 2 heterocycles. The second-order valence-electron chi connectivity index (χ2n) is 4.15. The maximum Gasteiger partial charge on any atom is 0.264 e. The van der Waals surface area contributed by atoms with Gasteiger partial charge in [0.2, 0.25) is 0 Å². The van der Waals surface area contributed by atoms with Crippen molar-refractivity contribution in [2.24, 2.45) is 0 Å². The van der Waals surface area contributed by atoms with Crippen LogP contribution in [0.1, 0.15) is 33.2 Å². The van der Waals surface area contributed by atoms with Crippen LogP contribution >= 0.6 is 11.3 Å². The first-order valence-corrected chi connectivity index (χ1v) is 6.41. The van der Waals surface area contributed by atoms with E-state index in [-0.39, 0.29) is 17.8 Å². The van der Waals surface area contributed by atoms with Gasteiger partial charge in [0.1, 0.15) is 0 Å². The molecule has 1 saturated heterocycles. The predicted octanol–water partition coefficient (Wildman–Crippen LogP) is 1.81. The van der Waals surface area contributed by atoms with Crippen LogP contribution in [0.5, 0.6) is 0 Å². The summed E-state index contributed by atoms with van der Waals surface area (Å²) in [5.41, 5.74) is 0. The van der Waals surface area contributed by atoms with Crippen molar-refractivity contribution >= 4 is 23.0 Å². The minimum absolute atomic E-state index is 0.00218. The molecule has 0 bridgehead atoms. The molecule has 0 radical (unpaired) electrons. The third kappa shape index (κ3) is 2.73. The van der Waals surface area contributed by atoms with E-state index < -0.39 is 0 Å². The second kappa shape index (κ2) is 4.98. The number of ketones is 1. The van der Waals surface area contributed by atoms with Crippen LogP contribution in [0.15, 0.2) is 12.1 Å². The molecule has 1 aliphatic heterocycles. The van der Waals surface area contributed by atoms with Crippen LogP contribution in [0.2, 0.25) is 0 Å². The molecule has 5 heteroatoms. The van der Waals surface area contributed by atoms with Crippen molar-refractivity contribution in [1.29, 1.82) is 0 Å². The number of morpholine rings is 1. The molecule has 0 N–H and O–H groups in total. The molecule has 1 fully saturated rings. The van der Waals surface area contributed by atoms with Crippen LogP contribution in [0.3, 0.4) is 0 Å². The Balaban J connectivity index is 2.10. The fourth-order valence-corrected chi connectivity index (χ4v) is 2.67. The fraction of sp³-hybridized carbons (Fsp3) is 0.500. The van der Waals surface area contributed by atoms with Gasteiger partial charge in [-0.05, 0) is 26.0 Å². The molecule has 0 unspecified atom stereocenters. The van der Waals surface area contributed by atoms with Crippen molar-refractivity contribution in [3.63, 3.8) is 0 Å². The van der Waals surface area contributed by atoms with Gasteiger partial charge in [0, 0.05) is 13.1 Å². The van der Waals surface area contributed by atoms with Gasteiger partial charge in [0.05, 0.1) is 22.5 Å². The smallest absolute Gasteiger partial charge is 0.264 e. The highest BCUT2D eigenvalue weighted by Crippen LogP contribution is 2.20. The topological polar surface area (TPSA) is 46.6 Å². The largest absolute Gasteiger partial charge is 0.375 e. The first-order valence-electron chi connectivity index (χ1n) is 5.59. The SMILES string of the molecule is CC(=O)c1ccc(C(=O)N2CCO[C@H](C)C2)s1. The van der Waals surface area contributed by atoms with Crippen LogP contribution in [0.25, 0.3) is 0 Å². The van der Waals surface area contributed by atoms with Crippen LogP contribution in [-0.4, -0.2) is 42.4 Å². The summed E-state index contributed by atoms with van der Waals surface area (Å²) in [6, 6.07) is 3.44. The highest BCUT2D eigenvalue weighted by atomic mass is 32.1. The number of nitrogens with zero attached hydrogens (tertiary/aromatic N) is 1. The van der Waals surface area contributed by atoms with Crippen molar-refractivity contribution in [3.05, 3.63) is 21.9 Å². The molecule has 1 aliphatic rings. The summed E-state index contributed by atoms with van der Waals surface area (Å²) in [7, 11) is 0. The summed E-state index contributed by atoms with van der Waals surface area (Å²) in [4.78, 5) is 26.4. The Bertz CT molecular complexity index is 441. The van der Waals surface area contributed by atoms with E-state index in [0.29, 0.717) is 29.5 Å². The number of Topliss-reactive ketones (excluding diaryl/α,β-unsaturated/α-hetero) is 1. The van der Waals surface area contributed by atoms with Gasteiger partial charge < -0.3 is 9.64 Å². The zero-order chi connectivity index (χ0) is 12.4. The second-order valence-corrected chi connectivity index (χ2v) is 5.24. The lowest BCUT2D eigenvalue weighted by Crippen LogP contribution is -2.44. The molecule has 1 atom stereocenters. The lowest BCUT2D eigenvalue weighted by atomic mass is 10.3. The highest BCUT2D eigenvalue weighted by Gasteiger charge is 2.23. The van der Waals surface area contributed by atoms with Gasteiger partial charge in [-0.2, -0.15) is 0 Å². The van der Waals surface area contributed by atoms with Gasteiger partial charge in [-0.15, -0.1) is 11.3 Å². The van der Waals surface area contributed by atoms with Crippen LogP contribution in [0, 0.1) is 0 Å². The third-order valence-corrected chi connectivity index (χ3v) is 3.87. The quantitative estimate of drug-likeness (QED) is 0.755. The normalized spacial score (nSPS) is 20.4. The minimum Gasteiger partial charge on any atom is -0.375 e. The molecule has 1 amide bonds. The van der Waals surface area contributed by atoms with E-state index in [1.165, 1.54) is 18.3 Å². The van der Waals surface area contributed by atoms with Gasteiger partial charge in [0.25, 0.3) is 5.91 Å². The van der Waals surface area contributed by atoms with Crippen molar-refractivity contribution in [2.75, 3.05) is 19.7 Å². The molecule has 0 aromatic carbocycles. The Morgan fingerprint density at radius 2 is 2.12 bits per heavy atom. The Labute approximate surface area is 104 Å². The van der Waals surface area contributed by atoms with Crippen molar-refractivity contribution < 1.29 is 14.3 Å². The highest BCUT2D eigenvalue weighted by molar-refractivity contribution is 7.15. The van der Waals surface area contributed by atoms with Gasteiger partial charge in [-0.1, -0.05) is 0 Å². The lowest BCUT2D eigenvalue weighted by Gasteiger charge is -2.30. The number of hydrogen-bond acceptors (Lipinski definition) is 4. The number of carbonyl (C=O) groups is 2. The molecule has 0 aliphatic carbocycles. The van der Waals surface area contributed by atoms with E-state index in [4.69, 9.17) is 4.74 Å². The molecule has 4 nitrogen and oxygen atoms in total. The molecule has 2 rings (SSSR count). The summed E-state index contributed by atoms with van der Waals surface area (Å²) >= 11 is 1.26. The zero-order valence-corrected chi connectivity index (χ0v) is 10.8. The zero-order valence-electron chi connectivity index (χ0n) is 9.93. The Kier molecular flexibility index (Phi) is 3.59. The number of carbonyl (C=O) groups excluding carboxylic acids is 2. The summed E-state index contributed by atoms with van der Waals surface area (Å²) in [5, 5.41) is 0. The van der Waals surface area contributed by atoms with E-state index in [1.54, 1.807) is 17.0 Å². The minimum atomic E-state index is -0.00218. The van der Waals surface area contributed by atoms with Crippen molar-refractivity contribution in [1.82, 2.24) is 4.90 Å². The molecule has 17 heavy (non-hydrogen) atoms. The van der Waals surface area contributed by atoms with E-state index in [2.05, 4.69) is 0 Å². The summed E-state index contributed by atoms with van der Waals surface area (Å²) in [6.45, 7) is 5.28. The van der Waals surface area contributed by atoms with E-state index >= 15 is 0 Å². The first-order chi connectivity index (χ1) is 8.08. The van der Waals surface area contributed by atoms with Crippen LogP contribution in [0.4, 0.5) is 0 Å². The number of ether oxygens (including phenoxy) is 1. The van der Waals surface area contributed by atoms with Gasteiger partial charge in [0.15, 0.2) is 5.78 Å². The monoisotopic (exact) mass is 253 g/mol. The maximum absolute atomic E-state index is 12.2. The predicted molar refractivity (Wildman–Crippen MR) is 65.6 cm³/mol. The summed E-state index contributed by atoms with van der Waals surface area (Å²) < 4.78 is 5.39. The summed E-state index contributed by atoms with van der Waals surface area (Å²) in [6.07, 6.45) is 0.0833. The fourth-order valence-electron chi connectivity index (χ4n) is 1.80. The lowest BCUT2D eigenvalue weighted by molar-refractivity contribution is -0.0122. The number of amides is 1. The molecular formula is C12H15NO3S. The molecule has 0 spiro atoms. The standard InChI is InChI=1S/C12H15NO3S/c1-8-7-13(5-6-16-8)12(15)11-4-3-10(17-11)9(2)14/h3-4,8H,5-7H2,1-2H3/t8-/m1/s1. The van der Waals surface area contributed by atoms with Gasteiger partial charge in [-0.25, -0.2) is 0 Å². The van der Waals surface area contributed by atoms with Crippen molar-refractivity contribution in [2.45, 2.75) is 20.0 Å². The van der Waals surface area contributed by atoms with Gasteiger partial charge in [-0.3, -0.25) is 9.59 Å². The Morgan fingerprint density at radius 3 is 2.71 bits per heavy atom. The van der Waals surface area contributed by atoms with Crippen LogP contribution in [-0.2, 0) is 4.74 Å². The maximum atomic E-state index is 12.2. The third-order valence-electron chi connectivity index (χ3n) is 2.69. The molecule has 0 saturated carbocycles. The van der Waals surface area contributed by atoms with E-state index in [1.807, 2.05) is 6.92 Å². The molecule has 1 aromatic heterocycles. The van der Waals surface area contributed by atoms with Crippen LogP contribution < -0.4 is 0 Å². The average molecular weight is 253 g/mol. The van der Waals surface area contributed by atoms with E-state index in [9.17, 15) is 9.59 Å². The number of hydrogen-bond donors (Lipinski definition) is 0. The molecular weight excluding hydrogens is 238 g/mol. The van der Waals surface area contributed by atoms with Gasteiger partial charge >= 0.3 is 0 Å². The number of rotatable bonds is 2. The first kappa shape index (κ1) is 12.3. The number of thiophene rings is 1. The van der Waals surface area contributed by atoms with E-state index in [0.717, 1.165) is 0 Å². The Morgan fingerprint density at radius 1 is 1.41 bits per heavy atom. The average Bonchev–Trinajstić information content (AvgIpc) is 2.77. The Hall–Kier alpha value is -1.20. The van der Waals surface area contributed by atoms with Crippen molar-refractivity contribution in [3.8, 4) is 0 Å². The molecule has 92 valence electrons.